The number of hydrogen-bond donors (Lipinski definition) is 0. The number of methoxy groups -OCH3 is 2. The summed E-state index contributed by atoms with van der Waals surface area (Å²) in [6, 6.07) is 9.46. The molecule has 0 saturated carbocycles. The summed E-state index contributed by atoms with van der Waals surface area (Å²) in [5.74, 6) is 2.06. The Morgan fingerprint density at radius 1 is 0.471 bits per heavy atom. The van der Waals surface area contributed by atoms with Gasteiger partial charge in [0.2, 0.25) is 0 Å². The van der Waals surface area contributed by atoms with E-state index in [9.17, 15) is 0 Å². The maximum atomic E-state index is 5.98. The Morgan fingerprint density at radius 2 is 0.676 bits per heavy atom. The lowest BCUT2D eigenvalue weighted by molar-refractivity contribution is 0.381. The van der Waals surface area contributed by atoms with Crippen LogP contribution in [-0.4, -0.2) is 22.6 Å². The topological polar surface area (TPSA) is 18.5 Å². The maximum absolute atomic E-state index is 5.98. The average Bonchev–Trinajstić information content (AvgIpc) is 2.63. The molecule has 2 nitrogen and oxygen atoms in total. The first kappa shape index (κ1) is 30.6. The van der Waals surface area contributed by atoms with Crippen LogP contribution in [-0.2, 0) is 21.7 Å². The second kappa shape index (κ2) is 10.3. The van der Waals surface area contributed by atoms with Gasteiger partial charge in [0.05, 0.1) is 22.6 Å². The van der Waals surface area contributed by atoms with E-state index >= 15 is 0 Å². The molecule has 0 N–H and O–H groups in total. The van der Waals surface area contributed by atoms with Crippen LogP contribution in [0.1, 0.15) is 105 Å². The lowest BCUT2D eigenvalue weighted by atomic mass is 9.79. The third kappa shape index (κ3) is 6.81. The first-order valence-corrected chi connectivity index (χ1v) is 13.0. The molecule has 4 heteroatoms. The van der Waals surface area contributed by atoms with E-state index in [4.69, 9.17) is 9.47 Å². The largest absolute Gasteiger partial charge is 0.496 e. The van der Waals surface area contributed by atoms with Crippen molar-refractivity contribution < 1.29 is 9.47 Å². The summed E-state index contributed by atoms with van der Waals surface area (Å²) in [6.45, 7) is 27.2. The van der Waals surface area contributed by atoms with Gasteiger partial charge in [-0.1, -0.05) is 91.7 Å². The highest BCUT2D eigenvalue weighted by atomic mass is 31.1. The molecule has 0 saturated heterocycles. The standard InChI is InChI=1S/C30H47O2P.BH3/c1-27(2,3)21-15-19(16-22(25(21)31-13)28(4,5)6)33-20-17-23(29(7,8)9)26(32-14)24(18-20)30(10,11)12;/h15-18,33H,1-14H3;1H3. The monoisotopic (exact) mass is 484 g/mol. The summed E-state index contributed by atoms with van der Waals surface area (Å²) in [4.78, 5) is 0. The summed E-state index contributed by atoms with van der Waals surface area (Å²) >= 11 is 0. The van der Waals surface area contributed by atoms with Gasteiger partial charge in [-0.3, -0.25) is 0 Å². The lowest BCUT2D eigenvalue weighted by Gasteiger charge is -2.31. The van der Waals surface area contributed by atoms with Crippen molar-refractivity contribution in [2.24, 2.45) is 0 Å². The fraction of sp³-hybridized carbons (Fsp3) is 0.600. The molecular formula is C30H50BO2P. The number of benzene rings is 2. The molecule has 0 bridgehead atoms. The van der Waals surface area contributed by atoms with E-state index in [-0.39, 0.29) is 30.1 Å². The van der Waals surface area contributed by atoms with Crippen molar-refractivity contribution in [2.45, 2.75) is 105 Å². The van der Waals surface area contributed by atoms with E-state index in [0.29, 0.717) is 8.58 Å². The van der Waals surface area contributed by atoms with E-state index in [0.717, 1.165) is 11.5 Å². The van der Waals surface area contributed by atoms with E-state index in [2.05, 4.69) is 107 Å². The molecule has 0 fully saturated rings. The van der Waals surface area contributed by atoms with Gasteiger partial charge in [-0.15, -0.1) is 0 Å². The molecule has 0 aromatic heterocycles. The smallest absolute Gasteiger partial charge is 0.126 e. The molecule has 0 amide bonds. The summed E-state index contributed by atoms with van der Waals surface area (Å²) in [5, 5.41) is 2.71. The Balaban J connectivity index is 0.00000578. The third-order valence-corrected chi connectivity index (χ3v) is 7.26. The summed E-state index contributed by atoms with van der Waals surface area (Å²) in [6.07, 6.45) is 0. The number of hydrogen-bond acceptors (Lipinski definition) is 2. The average molecular weight is 485 g/mol. The molecule has 2 aromatic carbocycles. The molecule has 0 aliphatic carbocycles. The molecular weight excluding hydrogens is 434 g/mol. The van der Waals surface area contributed by atoms with Gasteiger partial charge in [0.1, 0.15) is 11.5 Å². The van der Waals surface area contributed by atoms with Gasteiger partial charge in [-0.05, 0) is 56.5 Å². The number of ether oxygens (including phenoxy) is 2. The summed E-state index contributed by atoms with van der Waals surface area (Å²) in [5.41, 5.74) is 5.11. The second-order valence-electron chi connectivity index (χ2n) is 13.3. The zero-order valence-electron chi connectivity index (χ0n) is 23.6. The van der Waals surface area contributed by atoms with Gasteiger partial charge in [-0.2, -0.15) is 0 Å². The van der Waals surface area contributed by atoms with Gasteiger partial charge in [0.15, 0.2) is 0 Å². The highest BCUT2D eigenvalue weighted by molar-refractivity contribution is 7.55. The van der Waals surface area contributed by atoms with Crippen LogP contribution in [0.2, 0.25) is 0 Å². The lowest BCUT2D eigenvalue weighted by Crippen LogP contribution is -2.24. The zero-order chi connectivity index (χ0) is 25.6. The molecule has 0 radical (unpaired) electrons. The molecule has 190 valence electrons. The Kier molecular flexibility index (Phi) is 9.22. The quantitative estimate of drug-likeness (QED) is 0.373. The van der Waals surface area contributed by atoms with E-state index in [1.54, 1.807) is 14.2 Å². The molecule has 2 aromatic rings. The van der Waals surface area contributed by atoms with Crippen molar-refractivity contribution in [1.82, 2.24) is 0 Å². The van der Waals surface area contributed by atoms with Crippen molar-refractivity contribution in [3.63, 3.8) is 0 Å². The number of rotatable bonds is 4. The molecule has 0 spiro atoms. The van der Waals surface area contributed by atoms with Crippen molar-refractivity contribution in [2.75, 3.05) is 14.2 Å². The Morgan fingerprint density at radius 3 is 0.824 bits per heavy atom. The molecule has 0 aliphatic rings. The van der Waals surface area contributed by atoms with Gasteiger partial charge in [0, 0.05) is 22.3 Å². The zero-order valence-corrected chi connectivity index (χ0v) is 24.6. The molecule has 0 aliphatic heterocycles. The highest BCUT2D eigenvalue weighted by Crippen LogP contribution is 2.42. The van der Waals surface area contributed by atoms with Crippen LogP contribution in [0.25, 0.3) is 0 Å². The van der Waals surface area contributed by atoms with Crippen LogP contribution in [0.3, 0.4) is 0 Å². The van der Waals surface area contributed by atoms with Crippen LogP contribution in [0, 0.1) is 0 Å². The van der Waals surface area contributed by atoms with Crippen LogP contribution < -0.4 is 20.1 Å². The third-order valence-electron chi connectivity index (χ3n) is 6.11. The fourth-order valence-electron chi connectivity index (χ4n) is 4.24. The predicted octanol–water partition coefficient (Wildman–Crippen LogP) is 6.34. The Labute approximate surface area is 214 Å². The van der Waals surface area contributed by atoms with E-state index in [1.807, 2.05) is 0 Å². The Hall–Kier alpha value is -1.47. The molecule has 34 heavy (non-hydrogen) atoms. The first-order chi connectivity index (χ1) is 14.8. The summed E-state index contributed by atoms with van der Waals surface area (Å²) < 4.78 is 12.0. The minimum absolute atomic E-state index is 0. The van der Waals surface area contributed by atoms with Gasteiger partial charge in [0.25, 0.3) is 0 Å². The van der Waals surface area contributed by atoms with Crippen LogP contribution >= 0.6 is 8.58 Å². The van der Waals surface area contributed by atoms with Crippen molar-refractivity contribution >= 4 is 27.6 Å². The van der Waals surface area contributed by atoms with Gasteiger partial charge < -0.3 is 9.47 Å². The minimum atomic E-state index is -0.00111. The molecule has 0 atom stereocenters. The van der Waals surface area contributed by atoms with E-state index in [1.165, 1.54) is 32.9 Å². The van der Waals surface area contributed by atoms with Crippen molar-refractivity contribution in [3.05, 3.63) is 46.5 Å². The van der Waals surface area contributed by atoms with Crippen LogP contribution in [0.5, 0.6) is 11.5 Å². The van der Waals surface area contributed by atoms with Gasteiger partial charge in [-0.25, -0.2) is 0 Å². The second-order valence-corrected chi connectivity index (χ2v) is 14.7. The predicted molar refractivity (Wildman–Crippen MR) is 158 cm³/mol. The molecule has 2 rings (SSSR count). The van der Waals surface area contributed by atoms with Crippen LogP contribution in [0.15, 0.2) is 24.3 Å². The SMILES string of the molecule is B.COc1c(C(C)(C)C)cc(Pc2cc(C(C)(C)C)c(OC)c(C(C)(C)C)c2)cc1C(C)(C)C. The van der Waals surface area contributed by atoms with Gasteiger partial charge >= 0.3 is 0 Å². The fourth-order valence-corrected chi connectivity index (χ4v) is 5.44. The summed E-state index contributed by atoms with van der Waals surface area (Å²) in [7, 11) is 4.17. The van der Waals surface area contributed by atoms with Crippen molar-refractivity contribution in [1.29, 1.82) is 0 Å². The molecule has 0 unspecified atom stereocenters. The maximum Gasteiger partial charge on any atom is 0.126 e. The van der Waals surface area contributed by atoms with Crippen LogP contribution in [0.4, 0.5) is 0 Å². The first-order valence-electron chi connectivity index (χ1n) is 12.0. The highest BCUT2D eigenvalue weighted by Gasteiger charge is 2.29. The van der Waals surface area contributed by atoms with E-state index < -0.39 is 0 Å². The molecule has 0 heterocycles. The van der Waals surface area contributed by atoms with Crippen molar-refractivity contribution in [3.8, 4) is 11.5 Å². The normalized spacial score (nSPS) is 12.9. The minimum Gasteiger partial charge on any atom is -0.496 e. The Bertz CT molecular complexity index is 845.